The summed E-state index contributed by atoms with van der Waals surface area (Å²) in [5, 5.41) is 12.3. The first-order chi connectivity index (χ1) is 9.11. The van der Waals surface area contributed by atoms with E-state index in [4.69, 9.17) is 5.11 Å². The van der Waals surface area contributed by atoms with Gasteiger partial charge >= 0.3 is 12.1 Å². The molecule has 0 saturated carbocycles. The Morgan fingerprint density at radius 1 is 1.40 bits per heavy atom. The van der Waals surface area contributed by atoms with Gasteiger partial charge in [-0.25, -0.2) is 0 Å². The summed E-state index contributed by atoms with van der Waals surface area (Å²) in [4.78, 5) is 22.8. The molecule has 112 valence electrons. The van der Waals surface area contributed by atoms with Crippen LogP contribution in [0, 0.1) is 0 Å². The molecule has 1 aromatic heterocycles. The Morgan fingerprint density at radius 3 is 2.45 bits per heavy atom. The number of carbonyl (C=O) groups excluding carboxylic acids is 1. The van der Waals surface area contributed by atoms with Gasteiger partial charge in [0, 0.05) is 0 Å². The number of alkyl halides is 3. The van der Waals surface area contributed by atoms with Crippen molar-refractivity contribution in [3.8, 4) is 0 Å². The number of halogens is 3. The van der Waals surface area contributed by atoms with E-state index in [-0.39, 0.29) is 21.4 Å². The van der Waals surface area contributed by atoms with E-state index < -0.39 is 31.1 Å². The molecule has 0 aliphatic carbocycles. The molecule has 0 saturated heterocycles. The largest absolute Gasteiger partial charge is 0.480 e. The fourth-order valence-corrected chi connectivity index (χ4v) is 2.23. The van der Waals surface area contributed by atoms with Crippen molar-refractivity contribution in [3.63, 3.8) is 0 Å². The summed E-state index contributed by atoms with van der Waals surface area (Å²) in [5.41, 5.74) is 0.262. The van der Waals surface area contributed by atoms with Gasteiger partial charge in [0.05, 0.1) is 5.69 Å². The molecule has 0 aromatic carbocycles. The van der Waals surface area contributed by atoms with Crippen molar-refractivity contribution < 1.29 is 27.9 Å². The number of hydrogen-bond donors (Lipinski definition) is 1. The van der Waals surface area contributed by atoms with E-state index in [9.17, 15) is 22.8 Å². The van der Waals surface area contributed by atoms with Crippen molar-refractivity contribution >= 4 is 23.4 Å². The molecule has 1 rings (SSSR count). The summed E-state index contributed by atoms with van der Waals surface area (Å²) in [7, 11) is 0. The Kier molecular flexibility index (Phi) is 5.03. The van der Waals surface area contributed by atoms with Crippen LogP contribution in [0.3, 0.4) is 0 Å². The number of aliphatic carboxylic acids is 1. The van der Waals surface area contributed by atoms with Crippen LogP contribution in [0.25, 0.3) is 0 Å². The maximum Gasteiger partial charge on any atom is 0.406 e. The first kappa shape index (κ1) is 16.3. The highest BCUT2D eigenvalue weighted by Gasteiger charge is 2.35. The van der Waals surface area contributed by atoms with Crippen molar-refractivity contribution in [1.82, 2.24) is 14.5 Å². The number of aromatic nitrogens is 2. The quantitative estimate of drug-likeness (QED) is 0.895. The predicted octanol–water partition coefficient (Wildman–Crippen LogP) is 1.75. The molecule has 1 aromatic rings. The van der Waals surface area contributed by atoms with Crippen molar-refractivity contribution in [1.29, 1.82) is 0 Å². The molecule has 0 spiro atoms. The summed E-state index contributed by atoms with van der Waals surface area (Å²) in [6, 6.07) is 0. The lowest BCUT2D eigenvalue weighted by molar-refractivity contribution is -0.149. The van der Waals surface area contributed by atoms with Gasteiger partial charge < -0.3 is 10.0 Å². The molecule has 20 heavy (non-hydrogen) atoms. The molecule has 0 aliphatic heterocycles. The van der Waals surface area contributed by atoms with Crippen molar-refractivity contribution in [2.45, 2.75) is 25.9 Å². The zero-order valence-electron chi connectivity index (χ0n) is 10.6. The van der Waals surface area contributed by atoms with Gasteiger partial charge in [-0.3, -0.25) is 9.59 Å². The summed E-state index contributed by atoms with van der Waals surface area (Å²) in [6.45, 7) is 0.749. The van der Waals surface area contributed by atoms with Gasteiger partial charge in [-0.1, -0.05) is 18.3 Å². The second kappa shape index (κ2) is 6.16. The van der Waals surface area contributed by atoms with E-state index in [0.717, 1.165) is 0 Å². The molecule has 0 fully saturated rings. The van der Waals surface area contributed by atoms with E-state index >= 15 is 0 Å². The standard InChI is InChI=1S/C10H12F3N3O3S/c1-5(2)7-8(20-15-14-7)9(19)16(3-6(17)18)4-10(11,12)13/h5H,3-4H2,1-2H3,(H,17,18). The van der Waals surface area contributed by atoms with E-state index in [1.54, 1.807) is 13.8 Å². The molecule has 0 bridgehead atoms. The number of hydrogen-bond acceptors (Lipinski definition) is 5. The zero-order valence-corrected chi connectivity index (χ0v) is 11.5. The van der Waals surface area contributed by atoms with Crippen LogP contribution in [0.5, 0.6) is 0 Å². The van der Waals surface area contributed by atoms with Crippen molar-refractivity contribution in [2.24, 2.45) is 0 Å². The fraction of sp³-hybridized carbons (Fsp3) is 0.600. The molecule has 1 N–H and O–H groups in total. The van der Waals surface area contributed by atoms with Gasteiger partial charge in [0.1, 0.15) is 18.0 Å². The van der Waals surface area contributed by atoms with E-state index in [0.29, 0.717) is 11.5 Å². The minimum absolute atomic E-state index is 0.0644. The average molecular weight is 311 g/mol. The summed E-state index contributed by atoms with van der Waals surface area (Å²) in [5.74, 6) is -2.75. The third-order valence-corrected chi connectivity index (χ3v) is 2.97. The Labute approximate surface area is 116 Å². The first-order valence-electron chi connectivity index (χ1n) is 5.52. The molecule has 0 aliphatic rings. The molecule has 6 nitrogen and oxygen atoms in total. The van der Waals surface area contributed by atoms with Crippen LogP contribution in [0.1, 0.15) is 35.1 Å². The molecule has 0 unspecified atom stereocenters. The predicted molar refractivity (Wildman–Crippen MR) is 63.6 cm³/mol. The monoisotopic (exact) mass is 311 g/mol. The van der Waals surface area contributed by atoms with Crippen LogP contribution < -0.4 is 0 Å². The molecule has 10 heteroatoms. The van der Waals surface area contributed by atoms with Crippen LogP contribution in [0.15, 0.2) is 0 Å². The maximum atomic E-state index is 12.4. The second-order valence-corrected chi connectivity index (χ2v) is 5.07. The van der Waals surface area contributed by atoms with Gasteiger partial charge in [0.2, 0.25) is 0 Å². The average Bonchev–Trinajstić information content (AvgIpc) is 2.73. The van der Waals surface area contributed by atoms with Gasteiger partial charge in [0.25, 0.3) is 5.91 Å². The minimum atomic E-state index is -4.68. The SMILES string of the molecule is CC(C)c1nnsc1C(=O)N(CC(=O)O)CC(F)(F)F. The van der Waals surface area contributed by atoms with Crippen LogP contribution >= 0.6 is 11.5 Å². The number of carbonyl (C=O) groups is 2. The highest BCUT2D eigenvalue weighted by molar-refractivity contribution is 7.08. The number of carboxylic acid groups (broad SMARTS) is 1. The summed E-state index contributed by atoms with van der Waals surface area (Å²) < 4.78 is 40.7. The number of carboxylic acids is 1. The number of amides is 1. The Morgan fingerprint density at radius 2 is 2.00 bits per heavy atom. The minimum Gasteiger partial charge on any atom is -0.480 e. The third-order valence-electron chi connectivity index (χ3n) is 2.24. The Balaban J connectivity index is 3.03. The van der Waals surface area contributed by atoms with Gasteiger partial charge in [0.15, 0.2) is 0 Å². The lowest BCUT2D eigenvalue weighted by Gasteiger charge is -2.21. The summed E-state index contributed by atoms with van der Waals surface area (Å²) in [6.07, 6.45) is -4.68. The number of nitrogens with zero attached hydrogens (tertiary/aromatic N) is 3. The molecule has 0 radical (unpaired) electrons. The van der Waals surface area contributed by atoms with Crippen LogP contribution in [-0.4, -0.2) is 50.7 Å². The van der Waals surface area contributed by atoms with Gasteiger partial charge in [-0.15, -0.1) is 5.10 Å². The van der Waals surface area contributed by atoms with Crippen LogP contribution in [0.2, 0.25) is 0 Å². The van der Waals surface area contributed by atoms with Gasteiger partial charge in [-0.2, -0.15) is 13.2 Å². The highest BCUT2D eigenvalue weighted by Crippen LogP contribution is 2.23. The van der Waals surface area contributed by atoms with Crippen LogP contribution in [-0.2, 0) is 4.79 Å². The van der Waals surface area contributed by atoms with Crippen LogP contribution in [0.4, 0.5) is 13.2 Å². The third kappa shape index (κ3) is 4.44. The molecular formula is C10H12F3N3O3S. The Bertz CT molecular complexity index is 501. The zero-order chi connectivity index (χ0) is 15.5. The normalized spacial score (nSPS) is 11.7. The fourth-order valence-electron chi connectivity index (χ4n) is 1.45. The molecule has 1 heterocycles. The van der Waals surface area contributed by atoms with Crippen molar-refractivity contribution in [2.75, 3.05) is 13.1 Å². The second-order valence-electron chi connectivity index (χ2n) is 4.31. The Hall–Kier alpha value is -1.71. The molecule has 0 atom stereocenters. The number of rotatable bonds is 5. The maximum absolute atomic E-state index is 12.4. The lowest BCUT2D eigenvalue weighted by Crippen LogP contribution is -2.42. The van der Waals surface area contributed by atoms with E-state index in [1.165, 1.54) is 0 Å². The smallest absolute Gasteiger partial charge is 0.406 e. The van der Waals surface area contributed by atoms with E-state index in [2.05, 4.69) is 9.59 Å². The molecule has 1 amide bonds. The van der Waals surface area contributed by atoms with E-state index in [1.807, 2.05) is 0 Å². The topological polar surface area (TPSA) is 83.4 Å². The van der Waals surface area contributed by atoms with Gasteiger partial charge in [-0.05, 0) is 17.5 Å². The summed E-state index contributed by atoms with van der Waals surface area (Å²) >= 11 is 0.655. The molecular weight excluding hydrogens is 299 g/mol. The first-order valence-corrected chi connectivity index (χ1v) is 6.29. The van der Waals surface area contributed by atoms with Crippen molar-refractivity contribution in [3.05, 3.63) is 10.6 Å². The lowest BCUT2D eigenvalue weighted by atomic mass is 10.1. The highest BCUT2D eigenvalue weighted by atomic mass is 32.1.